The molecule has 0 saturated carbocycles. The number of hydrogen-bond acceptors (Lipinski definition) is 4. The molecule has 1 aliphatic heterocycles. The van der Waals surface area contributed by atoms with Crippen molar-refractivity contribution in [3.63, 3.8) is 0 Å². The monoisotopic (exact) mass is 600 g/mol. The minimum atomic E-state index is -0.670. The average Bonchev–Trinajstić information content (AvgIpc) is 3.46. The number of aromatic amines is 1. The van der Waals surface area contributed by atoms with Gasteiger partial charge in [0.05, 0.1) is 25.9 Å². The molecule has 1 aliphatic rings. The number of nitrogens with two attached hydrogens (primary N) is 1. The highest BCUT2D eigenvalue weighted by Gasteiger charge is 2.43. The highest BCUT2D eigenvalue weighted by atomic mass is 35.5. The van der Waals surface area contributed by atoms with Gasteiger partial charge in [-0.2, -0.15) is 0 Å². The lowest BCUT2D eigenvalue weighted by Gasteiger charge is -2.25. The molecule has 2 heterocycles. The fourth-order valence-corrected chi connectivity index (χ4v) is 6.62. The highest BCUT2D eigenvalue weighted by molar-refractivity contribution is 8.01. The molecule has 7 nitrogen and oxygen atoms in total. The molecule has 2 unspecified atom stereocenters. The zero-order valence-corrected chi connectivity index (χ0v) is 23.5. The number of para-hydroxylation sites is 1. The normalized spacial score (nSPS) is 17.1. The molecule has 0 radical (unpaired) electrons. The van der Waals surface area contributed by atoms with Crippen molar-refractivity contribution in [1.29, 1.82) is 0 Å². The number of hydrogen-bond donors (Lipinski definition) is 3. The summed E-state index contributed by atoms with van der Waals surface area (Å²) in [6.07, 6.45) is 2.60. The van der Waals surface area contributed by atoms with E-state index in [0.29, 0.717) is 28.7 Å². The Morgan fingerprint density at radius 1 is 1.00 bits per heavy atom. The second kappa shape index (κ2) is 11.5. The number of nitrogens with one attached hydrogen (secondary N) is 2. The maximum absolute atomic E-state index is 13.6. The summed E-state index contributed by atoms with van der Waals surface area (Å²) in [4.78, 5) is 43.0. The molecule has 4 aromatic rings. The molecule has 1 saturated heterocycles. The van der Waals surface area contributed by atoms with E-state index < -0.39 is 16.5 Å². The van der Waals surface area contributed by atoms with E-state index in [9.17, 15) is 14.4 Å². The molecule has 5 rings (SSSR count). The molecule has 200 valence electrons. The number of anilines is 1. The van der Waals surface area contributed by atoms with E-state index in [1.165, 1.54) is 23.9 Å². The molecule has 0 spiro atoms. The topological polar surface area (TPSA) is 108 Å². The molecular weight excluding hydrogens is 579 g/mol. The third-order valence-electron chi connectivity index (χ3n) is 6.53. The minimum Gasteiger partial charge on any atom is -0.366 e. The molecule has 4 N–H and O–H groups in total. The van der Waals surface area contributed by atoms with Gasteiger partial charge >= 0.3 is 0 Å². The van der Waals surface area contributed by atoms with Gasteiger partial charge in [-0.25, -0.2) is 0 Å². The summed E-state index contributed by atoms with van der Waals surface area (Å²) in [6, 6.07) is 17.8. The van der Waals surface area contributed by atoms with Gasteiger partial charge in [-0.15, -0.1) is 11.8 Å². The van der Waals surface area contributed by atoms with Crippen LogP contribution in [0.25, 0.3) is 10.9 Å². The van der Waals surface area contributed by atoms with Crippen LogP contribution < -0.4 is 16.0 Å². The number of amides is 3. The second-order valence-corrected chi connectivity index (χ2v) is 11.6. The Morgan fingerprint density at radius 2 is 1.79 bits per heavy atom. The molecule has 1 fully saturated rings. The summed E-state index contributed by atoms with van der Waals surface area (Å²) in [7, 11) is 0. The zero-order valence-electron chi connectivity index (χ0n) is 20.4. The van der Waals surface area contributed by atoms with Gasteiger partial charge in [0.2, 0.25) is 17.7 Å². The van der Waals surface area contributed by atoms with Gasteiger partial charge in [0.25, 0.3) is 0 Å². The predicted octanol–water partition coefficient (Wildman–Crippen LogP) is 6.12. The Bertz CT molecular complexity index is 1590. The van der Waals surface area contributed by atoms with Crippen molar-refractivity contribution in [2.45, 2.75) is 23.5 Å². The Balaban J connectivity index is 1.33. The van der Waals surface area contributed by atoms with Crippen molar-refractivity contribution in [2.24, 2.45) is 5.73 Å². The van der Waals surface area contributed by atoms with Gasteiger partial charge in [0, 0.05) is 35.8 Å². The fraction of sp³-hybridized carbons (Fsp3) is 0.179. The number of nitrogens with zero attached hydrogens (tertiary/aromatic N) is 1. The lowest BCUT2D eigenvalue weighted by Crippen LogP contribution is -2.34. The summed E-state index contributed by atoms with van der Waals surface area (Å²) in [5.74, 6) is -1.15. The van der Waals surface area contributed by atoms with E-state index >= 15 is 0 Å². The minimum absolute atomic E-state index is 0.00118. The zero-order chi connectivity index (χ0) is 27.7. The van der Waals surface area contributed by atoms with E-state index in [4.69, 9.17) is 40.5 Å². The third kappa shape index (κ3) is 5.75. The fourth-order valence-electron chi connectivity index (χ4n) is 4.61. The maximum Gasteiger partial charge on any atom is 0.250 e. The number of carbonyl (C=O) groups is 3. The van der Waals surface area contributed by atoms with Crippen LogP contribution in [0, 0.1) is 0 Å². The summed E-state index contributed by atoms with van der Waals surface area (Å²) in [5, 5.41) is 3.79. The van der Waals surface area contributed by atoms with Gasteiger partial charge in [-0.05, 0) is 53.9 Å². The van der Waals surface area contributed by atoms with Crippen molar-refractivity contribution in [3.8, 4) is 0 Å². The number of benzene rings is 3. The molecule has 2 atom stereocenters. The summed E-state index contributed by atoms with van der Waals surface area (Å²) in [6.45, 7) is 0.441. The SMILES string of the molecule is NC(=O)c1ccc(N2C(=O)C(CC(=O)NCCc3c[nH]c4ccccc34)SC2c2ccc(Cl)c(Cl)c2)cc1Cl. The second-order valence-electron chi connectivity index (χ2n) is 9.05. The van der Waals surface area contributed by atoms with Crippen LogP contribution in [-0.4, -0.2) is 34.5 Å². The van der Waals surface area contributed by atoms with Crippen LogP contribution in [-0.2, 0) is 16.0 Å². The Hall–Kier alpha value is -3.17. The predicted molar refractivity (Wildman–Crippen MR) is 158 cm³/mol. The third-order valence-corrected chi connectivity index (χ3v) is 9.02. The van der Waals surface area contributed by atoms with E-state index in [-0.39, 0.29) is 28.8 Å². The summed E-state index contributed by atoms with van der Waals surface area (Å²) >= 11 is 20.0. The first-order valence-electron chi connectivity index (χ1n) is 12.1. The lowest BCUT2D eigenvalue weighted by atomic mass is 10.1. The lowest BCUT2D eigenvalue weighted by molar-refractivity contribution is -0.124. The summed E-state index contributed by atoms with van der Waals surface area (Å²) < 4.78 is 0. The first kappa shape index (κ1) is 27.4. The van der Waals surface area contributed by atoms with E-state index in [1.54, 1.807) is 29.2 Å². The molecule has 3 amide bonds. The van der Waals surface area contributed by atoms with Crippen LogP contribution in [0.2, 0.25) is 15.1 Å². The van der Waals surface area contributed by atoms with E-state index in [2.05, 4.69) is 10.3 Å². The largest absolute Gasteiger partial charge is 0.366 e. The summed E-state index contributed by atoms with van der Waals surface area (Å²) in [5.41, 5.74) is 8.90. The molecule has 0 aliphatic carbocycles. The Kier molecular flexibility index (Phi) is 8.09. The van der Waals surface area contributed by atoms with Crippen LogP contribution in [0.4, 0.5) is 5.69 Å². The smallest absolute Gasteiger partial charge is 0.250 e. The molecular formula is C28H23Cl3N4O3S. The maximum atomic E-state index is 13.6. The number of halogens is 3. The number of rotatable bonds is 8. The van der Waals surface area contributed by atoms with Crippen molar-refractivity contribution in [1.82, 2.24) is 10.3 Å². The van der Waals surface area contributed by atoms with E-state index in [0.717, 1.165) is 22.0 Å². The standard InChI is InChI=1S/C28H23Cl3N4O3S/c29-20-8-5-15(11-22(20)31)28-35(17-6-7-19(26(32)37)21(30)12-17)27(38)24(39-28)13-25(36)33-10-9-16-14-34-23-4-2-1-3-18(16)23/h1-8,11-12,14,24,28,34H,9-10,13H2,(H2,32,37)(H,33,36). The first-order chi connectivity index (χ1) is 18.7. The van der Waals surface area contributed by atoms with Gasteiger partial charge in [-0.3, -0.25) is 19.3 Å². The average molecular weight is 602 g/mol. The van der Waals surface area contributed by atoms with Gasteiger partial charge in [0.1, 0.15) is 5.37 Å². The number of carbonyl (C=O) groups excluding carboxylic acids is 3. The van der Waals surface area contributed by atoms with Crippen molar-refractivity contribution >= 4 is 80.9 Å². The van der Waals surface area contributed by atoms with Crippen LogP contribution in [0.15, 0.2) is 66.9 Å². The van der Waals surface area contributed by atoms with Gasteiger partial charge in [-0.1, -0.05) is 59.1 Å². The molecule has 11 heteroatoms. The number of H-pyrrole nitrogens is 1. The van der Waals surface area contributed by atoms with Gasteiger partial charge < -0.3 is 16.0 Å². The van der Waals surface area contributed by atoms with Crippen LogP contribution in [0.5, 0.6) is 0 Å². The number of primary amides is 1. The number of thioether (sulfide) groups is 1. The number of aromatic nitrogens is 1. The Morgan fingerprint density at radius 3 is 2.54 bits per heavy atom. The van der Waals surface area contributed by atoms with Crippen LogP contribution in [0.1, 0.15) is 33.3 Å². The molecule has 0 bridgehead atoms. The van der Waals surface area contributed by atoms with Crippen molar-refractivity contribution in [3.05, 3.63) is 98.6 Å². The first-order valence-corrected chi connectivity index (χ1v) is 14.1. The Labute approximate surface area is 244 Å². The molecule has 3 aromatic carbocycles. The van der Waals surface area contributed by atoms with Crippen LogP contribution >= 0.6 is 46.6 Å². The van der Waals surface area contributed by atoms with Gasteiger partial charge in [0.15, 0.2) is 0 Å². The van der Waals surface area contributed by atoms with E-state index in [1.807, 2.05) is 30.5 Å². The van der Waals surface area contributed by atoms with Crippen molar-refractivity contribution in [2.75, 3.05) is 11.4 Å². The van der Waals surface area contributed by atoms with Crippen molar-refractivity contribution < 1.29 is 14.4 Å². The molecule has 39 heavy (non-hydrogen) atoms. The molecule has 1 aromatic heterocycles. The number of fused-ring (bicyclic) bond motifs is 1. The van der Waals surface area contributed by atoms with Crippen LogP contribution in [0.3, 0.4) is 0 Å². The quantitative estimate of drug-likeness (QED) is 0.226. The highest BCUT2D eigenvalue weighted by Crippen LogP contribution is 2.48.